The van der Waals surface area contributed by atoms with Crippen molar-refractivity contribution in [2.45, 2.75) is 45.5 Å². The van der Waals surface area contributed by atoms with Crippen LogP contribution in [-0.4, -0.2) is 50.5 Å². The number of nitrogens with zero attached hydrogens (tertiary/aromatic N) is 5. The number of piperidine rings is 1. The van der Waals surface area contributed by atoms with Gasteiger partial charge in [0, 0.05) is 36.7 Å². The van der Waals surface area contributed by atoms with Gasteiger partial charge in [-0.1, -0.05) is 23.5 Å². The lowest BCUT2D eigenvalue weighted by Gasteiger charge is -2.32. The van der Waals surface area contributed by atoms with Crippen LogP contribution in [0.25, 0.3) is 21.5 Å². The van der Waals surface area contributed by atoms with Crippen molar-refractivity contribution in [2.24, 2.45) is 5.92 Å². The number of carbonyl (C=O) groups excluding carboxylic acids is 1. The van der Waals surface area contributed by atoms with Crippen LogP contribution in [0.1, 0.15) is 36.5 Å². The molecule has 0 aliphatic carbocycles. The molecule has 0 N–H and O–H groups in total. The van der Waals surface area contributed by atoms with E-state index in [2.05, 4.69) is 20.2 Å². The third kappa shape index (κ3) is 4.95. The molecule has 1 aliphatic heterocycles. The summed E-state index contributed by atoms with van der Waals surface area (Å²) in [5, 5.41) is 10.9. The zero-order valence-corrected chi connectivity index (χ0v) is 17.5. The number of aryl methyl sites for hydroxylation is 1. The quantitative estimate of drug-likeness (QED) is 0.582. The molecule has 1 saturated heterocycles. The van der Waals surface area contributed by atoms with Gasteiger partial charge in [0.15, 0.2) is 0 Å². The van der Waals surface area contributed by atoms with E-state index in [9.17, 15) is 13.6 Å². The minimum atomic E-state index is -2.24. The number of rotatable bonds is 6. The average molecular weight is 432 g/mol. The third-order valence-corrected chi connectivity index (χ3v) is 6.36. The number of amides is 1. The highest BCUT2D eigenvalue weighted by Crippen LogP contribution is 2.26. The molecule has 3 aromatic rings. The summed E-state index contributed by atoms with van der Waals surface area (Å²) >= 11 is 1.52. The van der Waals surface area contributed by atoms with E-state index in [1.807, 2.05) is 25.1 Å². The van der Waals surface area contributed by atoms with Crippen molar-refractivity contribution in [3.63, 3.8) is 0 Å². The fraction of sp³-hybridized carbons (Fsp3) is 0.476. The third-order valence-electron chi connectivity index (χ3n) is 5.48. The minimum Gasteiger partial charge on any atom is -0.342 e. The molecule has 1 aliphatic rings. The Morgan fingerprint density at radius 2 is 2.07 bits per heavy atom. The Kier molecular flexibility index (Phi) is 6.26. The monoisotopic (exact) mass is 431 g/mol. The van der Waals surface area contributed by atoms with E-state index in [-0.39, 0.29) is 24.7 Å². The van der Waals surface area contributed by atoms with Crippen molar-refractivity contribution >= 4 is 28.1 Å². The summed E-state index contributed by atoms with van der Waals surface area (Å²) in [6.07, 6.45) is 1.66. The van der Waals surface area contributed by atoms with Crippen molar-refractivity contribution in [2.75, 3.05) is 13.1 Å². The standard InChI is InChI=1S/C21H23F2N5OS/c1-13-26-27-21(30-13)15-3-4-16-12-24-19(25-17(16)10-15)11-20(29)28-8-6-14(7-9-28)2-5-18(22)23/h3-4,10,12,14,18H,2,5-9,11H2,1H3. The highest BCUT2D eigenvalue weighted by molar-refractivity contribution is 7.14. The first kappa shape index (κ1) is 20.7. The summed E-state index contributed by atoms with van der Waals surface area (Å²) in [7, 11) is 0. The number of hydrogen-bond donors (Lipinski definition) is 0. The fourth-order valence-corrected chi connectivity index (χ4v) is 4.46. The van der Waals surface area contributed by atoms with Gasteiger partial charge in [0.05, 0.1) is 11.9 Å². The van der Waals surface area contributed by atoms with Gasteiger partial charge >= 0.3 is 0 Å². The molecule has 1 amide bonds. The van der Waals surface area contributed by atoms with Gasteiger partial charge < -0.3 is 4.90 Å². The van der Waals surface area contributed by atoms with Gasteiger partial charge in [-0.05, 0) is 38.2 Å². The van der Waals surface area contributed by atoms with Crippen LogP contribution in [0.4, 0.5) is 8.78 Å². The number of likely N-dealkylation sites (tertiary alicyclic amines) is 1. The highest BCUT2D eigenvalue weighted by atomic mass is 32.1. The lowest BCUT2D eigenvalue weighted by Crippen LogP contribution is -2.39. The molecule has 0 unspecified atom stereocenters. The van der Waals surface area contributed by atoms with Gasteiger partial charge in [-0.3, -0.25) is 4.79 Å². The summed E-state index contributed by atoms with van der Waals surface area (Å²) in [5.74, 6) is 0.748. The van der Waals surface area contributed by atoms with E-state index < -0.39 is 6.43 Å². The van der Waals surface area contributed by atoms with E-state index >= 15 is 0 Å². The number of hydrogen-bond acceptors (Lipinski definition) is 6. The molecule has 1 aromatic carbocycles. The van der Waals surface area contributed by atoms with E-state index in [1.54, 1.807) is 11.1 Å². The van der Waals surface area contributed by atoms with Crippen LogP contribution in [0, 0.1) is 12.8 Å². The minimum absolute atomic E-state index is 0.0161. The van der Waals surface area contributed by atoms with E-state index in [1.165, 1.54) is 11.3 Å². The van der Waals surface area contributed by atoms with E-state index in [0.29, 0.717) is 25.3 Å². The van der Waals surface area contributed by atoms with Gasteiger partial charge in [0.2, 0.25) is 12.3 Å². The van der Waals surface area contributed by atoms with Crippen molar-refractivity contribution < 1.29 is 13.6 Å². The first-order chi connectivity index (χ1) is 14.5. The predicted molar refractivity (Wildman–Crippen MR) is 111 cm³/mol. The second kappa shape index (κ2) is 9.07. The van der Waals surface area contributed by atoms with Gasteiger partial charge in [-0.15, -0.1) is 10.2 Å². The predicted octanol–water partition coefficient (Wildman–Crippen LogP) is 4.28. The first-order valence-corrected chi connectivity index (χ1v) is 10.9. The molecular weight excluding hydrogens is 408 g/mol. The maximum absolute atomic E-state index is 12.7. The van der Waals surface area contributed by atoms with Crippen LogP contribution < -0.4 is 0 Å². The van der Waals surface area contributed by atoms with Crippen molar-refractivity contribution in [1.82, 2.24) is 25.1 Å². The first-order valence-electron chi connectivity index (χ1n) is 10.1. The number of fused-ring (bicyclic) bond motifs is 1. The Balaban J connectivity index is 1.40. The van der Waals surface area contributed by atoms with Crippen molar-refractivity contribution in [1.29, 1.82) is 0 Å². The number of halogens is 2. The topological polar surface area (TPSA) is 71.9 Å². The normalized spacial score (nSPS) is 15.3. The largest absolute Gasteiger partial charge is 0.342 e. The van der Waals surface area contributed by atoms with E-state index in [4.69, 9.17) is 0 Å². The van der Waals surface area contributed by atoms with Crippen LogP contribution in [0.2, 0.25) is 0 Å². The zero-order valence-electron chi connectivity index (χ0n) is 16.7. The molecular formula is C21H23F2N5OS. The zero-order chi connectivity index (χ0) is 21.1. The summed E-state index contributed by atoms with van der Waals surface area (Å²) in [4.78, 5) is 23.4. The molecule has 30 heavy (non-hydrogen) atoms. The smallest absolute Gasteiger partial charge is 0.238 e. The number of alkyl halides is 2. The number of carbonyl (C=O) groups is 1. The Morgan fingerprint density at radius 1 is 1.27 bits per heavy atom. The Labute approximate surface area is 177 Å². The Morgan fingerprint density at radius 3 is 2.77 bits per heavy atom. The molecule has 9 heteroatoms. The molecule has 0 bridgehead atoms. The lowest BCUT2D eigenvalue weighted by atomic mass is 9.92. The molecule has 0 radical (unpaired) electrons. The Hall–Kier alpha value is -2.55. The molecule has 3 heterocycles. The molecule has 4 rings (SSSR count). The molecule has 0 saturated carbocycles. The molecule has 158 valence electrons. The van der Waals surface area contributed by atoms with Gasteiger partial charge in [-0.25, -0.2) is 18.7 Å². The lowest BCUT2D eigenvalue weighted by molar-refractivity contribution is -0.132. The summed E-state index contributed by atoms with van der Waals surface area (Å²) in [5.41, 5.74) is 1.71. The SMILES string of the molecule is Cc1nnc(-c2ccc3cnc(CC(=O)N4CCC(CCC(F)F)CC4)nc3c2)s1. The van der Waals surface area contributed by atoms with Gasteiger partial charge in [0.25, 0.3) is 0 Å². The molecule has 2 aromatic heterocycles. The number of aromatic nitrogens is 4. The van der Waals surface area contributed by atoms with Crippen LogP contribution in [0.3, 0.4) is 0 Å². The fourth-order valence-electron chi connectivity index (χ4n) is 3.77. The van der Waals surface area contributed by atoms with Crippen LogP contribution in [0.15, 0.2) is 24.4 Å². The molecule has 0 spiro atoms. The maximum atomic E-state index is 12.7. The summed E-state index contributed by atoms with van der Waals surface area (Å²) < 4.78 is 24.8. The molecule has 6 nitrogen and oxygen atoms in total. The summed E-state index contributed by atoms with van der Waals surface area (Å²) in [6, 6.07) is 5.85. The van der Waals surface area contributed by atoms with E-state index in [0.717, 1.165) is 39.3 Å². The highest BCUT2D eigenvalue weighted by Gasteiger charge is 2.24. The number of benzene rings is 1. The molecule has 1 fully saturated rings. The maximum Gasteiger partial charge on any atom is 0.238 e. The second-order valence-electron chi connectivity index (χ2n) is 7.66. The van der Waals surface area contributed by atoms with Crippen molar-refractivity contribution in [3.8, 4) is 10.6 Å². The average Bonchev–Trinajstić information content (AvgIpc) is 3.18. The van der Waals surface area contributed by atoms with Gasteiger partial charge in [0.1, 0.15) is 15.8 Å². The van der Waals surface area contributed by atoms with Crippen molar-refractivity contribution in [3.05, 3.63) is 35.2 Å². The molecule has 0 atom stereocenters. The van der Waals surface area contributed by atoms with Crippen LogP contribution in [-0.2, 0) is 11.2 Å². The summed E-state index contributed by atoms with van der Waals surface area (Å²) in [6.45, 7) is 3.14. The van der Waals surface area contributed by atoms with Gasteiger partial charge in [-0.2, -0.15) is 0 Å². The van der Waals surface area contributed by atoms with Crippen LogP contribution >= 0.6 is 11.3 Å². The Bertz CT molecular complexity index is 1030. The second-order valence-corrected chi connectivity index (χ2v) is 8.84. The van der Waals surface area contributed by atoms with Crippen LogP contribution in [0.5, 0.6) is 0 Å².